The van der Waals surface area contributed by atoms with Crippen LogP contribution in [0.2, 0.25) is 0 Å². The summed E-state index contributed by atoms with van der Waals surface area (Å²) in [5.41, 5.74) is -0.288. The van der Waals surface area contributed by atoms with Crippen LogP contribution in [0.3, 0.4) is 0 Å². The highest BCUT2D eigenvalue weighted by molar-refractivity contribution is 5.69. The molecule has 1 saturated heterocycles. The van der Waals surface area contributed by atoms with E-state index < -0.39 is 5.79 Å². The van der Waals surface area contributed by atoms with Gasteiger partial charge in [0, 0.05) is 13.0 Å². The van der Waals surface area contributed by atoms with Crippen LogP contribution in [0.4, 0.5) is 0 Å². The first-order valence-corrected chi connectivity index (χ1v) is 13.9. The zero-order valence-corrected chi connectivity index (χ0v) is 22.7. The molecule has 0 radical (unpaired) electrons. The van der Waals surface area contributed by atoms with E-state index >= 15 is 0 Å². The molecule has 0 unspecified atom stereocenters. The molecule has 0 amide bonds. The Morgan fingerprint density at radius 2 is 1.18 bits per heavy atom. The Hall–Kier alpha value is -0.650. The van der Waals surface area contributed by atoms with Gasteiger partial charge >= 0.3 is 5.97 Å². The molecule has 0 saturated carbocycles. The van der Waals surface area contributed by atoms with Crippen molar-refractivity contribution in [3.63, 3.8) is 0 Å². The summed E-state index contributed by atoms with van der Waals surface area (Å²) in [4.78, 5) is 14.4. The lowest BCUT2D eigenvalue weighted by Gasteiger charge is -2.44. The molecule has 5 heteroatoms. The lowest BCUT2D eigenvalue weighted by atomic mass is 9.89. The number of ether oxygens (including phenoxy) is 3. The molecule has 1 fully saturated rings. The van der Waals surface area contributed by atoms with Crippen LogP contribution in [0.15, 0.2) is 0 Å². The Bertz CT molecular complexity index is 482. The van der Waals surface area contributed by atoms with Crippen LogP contribution in [0, 0.1) is 5.41 Å². The smallest absolute Gasteiger partial charge is 0.305 e. The Kier molecular flexibility index (Phi) is 16.3. The minimum Gasteiger partial charge on any atom is -0.465 e. The predicted molar refractivity (Wildman–Crippen MR) is 137 cm³/mol. The number of nitrogens with zero attached hydrogens (tertiary/aromatic N) is 1. The number of esters is 1. The summed E-state index contributed by atoms with van der Waals surface area (Å²) in [5.74, 6) is -0.652. The molecule has 33 heavy (non-hydrogen) atoms. The molecule has 1 rings (SSSR count). The number of hydrogen-bond donors (Lipinski definition) is 0. The number of carbonyl (C=O) groups excluding carboxylic acids is 1. The van der Waals surface area contributed by atoms with Crippen molar-refractivity contribution in [1.29, 1.82) is 0 Å². The third kappa shape index (κ3) is 15.8. The highest BCUT2D eigenvalue weighted by Crippen LogP contribution is 2.31. The van der Waals surface area contributed by atoms with Gasteiger partial charge in [0.05, 0.1) is 18.6 Å². The van der Waals surface area contributed by atoms with Crippen LogP contribution in [-0.4, -0.2) is 57.1 Å². The van der Waals surface area contributed by atoms with Crippen molar-refractivity contribution in [3.8, 4) is 0 Å². The van der Waals surface area contributed by atoms with Crippen LogP contribution in [0.5, 0.6) is 0 Å². The largest absolute Gasteiger partial charge is 0.465 e. The SMILES string of the molecule is CCCCCCCCCCCCCCCCCC(=O)OCC1(CN(C)C)COC(C)(C)OC1. The van der Waals surface area contributed by atoms with Gasteiger partial charge in [-0.15, -0.1) is 0 Å². The molecule has 5 nitrogen and oxygen atoms in total. The van der Waals surface area contributed by atoms with Crippen LogP contribution in [0.1, 0.15) is 124 Å². The molecular formula is C28H55NO4. The second-order valence-electron chi connectivity index (χ2n) is 11.1. The van der Waals surface area contributed by atoms with E-state index in [0.29, 0.717) is 26.2 Å². The molecule has 0 atom stereocenters. The summed E-state index contributed by atoms with van der Waals surface area (Å²) in [6, 6.07) is 0. The van der Waals surface area contributed by atoms with Crippen LogP contribution in [-0.2, 0) is 19.0 Å². The minimum absolute atomic E-state index is 0.0901. The van der Waals surface area contributed by atoms with Crippen molar-refractivity contribution in [1.82, 2.24) is 4.90 Å². The van der Waals surface area contributed by atoms with Gasteiger partial charge in [-0.25, -0.2) is 0 Å². The predicted octanol–water partition coefficient (Wildman–Crippen LogP) is 7.12. The summed E-state index contributed by atoms with van der Waals surface area (Å²) in [6.07, 6.45) is 20.5. The molecule has 1 aliphatic heterocycles. The maximum Gasteiger partial charge on any atom is 0.305 e. The van der Waals surface area contributed by atoms with E-state index in [0.717, 1.165) is 19.4 Å². The molecule has 196 valence electrons. The van der Waals surface area contributed by atoms with Gasteiger partial charge in [0.25, 0.3) is 0 Å². The van der Waals surface area contributed by atoms with E-state index in [4.69, 9.17) is 14.2 Å². The van der Waals surface area contributed by atoms with Gasteiger partial charge in [0.1, 0.15) is 6.61 Å². The summed E-state index contributed by atoms with van der Waals surface area (Å²) in [5, 5.41) is 0. The average molecular weight is 470 g/mol. The zero-order valence-electron chi connectivity index (χ0n) is 22.7. The van der Waals surface area contributed by atoms with Crippen molar-refractivity contribution in [2.45, 2.75) is 129 Å². The Morgan fingerprint density at radius 1 is 0.758 bits per heavy atom. The van der Waals surface area contributed by atoms with Gasteiger partial charge in [0.2, 0.25) is 0 Å². The van der Waals surface area contributed by atoms with Crippen molar-refractivity contribution in [2.24, 2.45) is 5.41 Å². The standard InChI is InChI=1S/C28H55NO4/c1-6-7-8-9-10-11-12-13-14-15-16-17-18-19-20-21-26(30)31-23-28(22-29(4)5)24-32-27(2,3)33-25-28/h6-25H2,1-5H3. The minimum atomic E-state index is -0.562. The van der Waals surface area contributed by atoms with Crippen LogP contribution < -0.4 is 0 Å². The van der Waals surface area contributed by atoms with Gasteiger partial charge in [-0.05, 0) is 34.4 Å². The maximum absolute atomic E-state index is 12.3. The summed E-state index contributed by atoms with van der Waals surface area (Å²) >= 11 is 0. The first-order valence-electron chi connectivity index (χ1n) is 13.9. The molecule has 0 N–H and O–H groups in total. The van der Waals surface area contributed by atoms with Gasteiger partial charge in [-0.1, -0.05) is 96.8 Å². The first kappa shape index (κ1) is 30.4. The molecule has 1 heterocycles. The molecule has 0 spiro atoms. The van der Waals surface area contributed by atoms with Gasteiger partial charge < -0.3 is 19.1 Å². The average Bonchev–Trinajstić information content (AvgIpc) is 2.77. The monoisotopic (exact) mass is 469 g/mol. The molecule has 0 aliphatic carbocycles. The second-order valence-corrected chi connectivity index (χ2v) is 11.1. The van der Waals surface area contributed by atoms with Gasteiger partial charge in [-0.2, -0.15) is 0 Å². The molecule has 0 aromatic carbocycles. The number of unbranched alkanes of at least 4 members (excludes halogenated alkanes) is 14. The number of carbonyl (C=O) groups is 1. The third-order valence-corrected chi connectivity index (χ3v) is 6.63. The molecule has 0 aromatic heterocycles. The Labute approximate surface area is 205 Å². The van der Waals surface area contributed by atoms with E-state index in [1.54, 1.807) is 0 Å². The second kappa shape index (κ2) is 17.7. The van der Waals surface area contributed by atoms with Crippen molar-refractivity contribution >= 4 is 5.97 Å². The zero-order chi connectivity index (χ0) is 24.4. The van der Waals surface area contributed by atoms with Gasteiger partial charge in [-0.3, -0.25) is 4.79 Å². The summed E-state index contributed by atoms with van der Waals surface area (Å²) < 4.78 is 17.4. The fourth-order valence-corrected chi connectivity index (χ4v) is 4.57. The van der Waals surface area contributed by atoms with E-state index in [-0.39, 0.29) is 11.4 Å². The maximum atomic E-state index is 12.3. The Balaban J connectivity index is 1.99. The molecular weight excluding hydrogens is 414 g/mol. The third-order valence-electron chi connectivity index (χ3n) is 6.63. The quantitative estimate of drug-likeness (QED) is 0.140. The van der Waals surface area contributed by atoms with Crippen molar-refractivity contribution in [3.05, 3.63) is 0 Å². The first-order chi connectivity index (χ1) is 15.8. The van der Waals surface area contributed by atoms with E-state index in [1.165, 1.54) is 83.5 Å². The van der Waals surface area contributed by atoms with E-state index in [1.807, 2.05) is 27.9 Å². The van der Waals surface area contributed by atoms with Crippen molar-refractivity contribution in [2.75, 3.05) is 40.5 Å². The highest BCUT2D eigenvalue weighted by atomic mass is 16.7. The summed E-state index contributed by atoms with van der Waals surface area (Å²) in [7, 11) is 4.05. The fraction of sp³-hybridized carbons (Fsp3) is 0.964. The lowest BCUT2D eigenvalue weighted by molar-refractivity contribution is -0.292. The molecule has 1 aliphatic rings. The Morgan fingerprint density at radius 3 is 1.61 bits per heavy atom. The topological polar surface area (TPSA) is 48.0 Å². The lowest BCUT2D eigenvalue weighted by Crippen LogP contribution is -2.53. The normalized spacial score (nSPS) is 17.4. The van der Waals surface area contributed by atoms with E-state index in [2.05, 4.69) is 11.8 Å². The van der Waals surface area contributed by atoms with Crippen LogP contribution in [0.25, 0.3) is 0 Å². The molecule has 0 bridgehead atoms. The molecule has 0 aromatic rings. The van der Waals surface area contributed by atoms with Crippen molar-refractivity contribution < 1.29 is 19.0 Å². The number of hydrogen-bond acceptors (Lipinski definition) is 5. The summed E-state index contributed by atoms with van der Waals surface area (Å²) in [6.45, 7) is 8.36. The highest BCUT2D eigenvalue weighted by Gasteiger charge is 2.41. The van der Waals surface area contributed by atoms with Crippen LogP contribution >= 0.6 is 0 Å². The van der Waals surface area contributed by atoms with Gasteiger partial charge in [0.15, 0.2) is 5.79 Å². The number of rotatable bonds is 20. The fourth-order valence-electron chi connectivity index (χ4n) is 4.57. The van der Waals surface area contributed by atoms with E-state index in [9.17, 15) is 4.79 Å².